The molecule has 1 heterocycles. The van der Waals surface area contributed by atoms with Crippen LogP contribution in [0.1, 0.15) is 16.8 Å². The molecule has 0 spiro atoms. The van der Waals surface area contributed by atoms with E-state index in [4.69, 9.17) is 41.8 Å². The van der Waals surface area contributed by atoms with Crippen molar-refractivity contribution in [1.29, 1.82) is 0 Å². The van der Waals surface area contributed by atoms with E-state index in [1.165, 1.54) is 10.8 Å². The summed E-state index contributed by atoms with van der Waals surface area (Å²) in [7, 11) is -2.88. The van der Waals surface area contributed by atoms with Crippen LogP contribution in [0.3, 0.4) is 0 Å². The molecule has 0 bridgehead atoms. The number of hydrogen-bond donors (Lipinski definition) is 6. The molecule has 0 radical (unpaired) electrons. The van der Waals surface area contributed by atoms with Gasteiger partial charge in [-0.05, 0) is 6.42 Å². The van der Waals surface area contributed by atoms with Crippen molar-refractivity contribution in [3.05, 3.63) is 26.9 Å². The Morgan fingerprint density at radius 3 is 2.43 bits per heavy atom. The van der Waals surface area contributed by atoms with Crippen molar-refractivity contribution in [3.8, 4) is 0 Å². The van der Waals surface area contributed by atoms with E-state index in [0.29, 0.717) is 31.4 Å². The summed E-state index contributed by atoms with van der Waals surface area (Å²) in [5, 5.41) is 15.5. The van der Waals surface area contributed by atoms with Gasteiger partial charge in [0.25, 0.3) is 0 Å². The molecule has 23 heavy (non-hydrogen) atoms. The standard InChI is InChI=1S/C9H12N2O3S.CH6O6P/c1-14-4-2-3-11-5-7(6-12)8(15)10-9(11)13;2-1(3)7-8(4,5)6/h5-6H,2-4H2,1H3,(H,10,13,15);1-6H/q;+1. The lowest BCUT2D eigenvalue weighted by Gasteiger charge is -2.05. The second kappa shape index (κ2) is 10.6. The summed E-state index contributed by atoms with van der Waals surface area (Å²) < 4.78 is 9.79. The molecule has 6 N–H and O–H groups in total. The lowest BCUT2D eigenvalue weighted by Crippen LogP contribution is -2.24. The molecule has 0 unspecified atom stereocenters. The molecule has 0 aliphatic rings. The molecule has 0 saturated carbocycles. The van der Waals surface area contributed by atoms with Gasteiger partial charge in [-0.15, -0.1) is 0 Å². The molecule has 0 amide bonds. The van der Waals surface area contributed by atoms with E-state index in [1.54, 1.807) is 7.11 Å². The summed E-state index contributed by atoms with van der Waals surface area (Å²) in [5.74, 6) is 0. The zero-order valence-electron chi connectivity index (χ0n) is 12.0. The largest absolute Gasteiger partial charge is 0.572 e. The molecule has 1 rings (SSSR count). The van der Waals surface area contributed by atoms with Gasteiger partial charge in [-0.3, -0.25) is 14.3 Å². The zero-order chi connectivity index (χ0) is 18.0. The summed E-state index contributed by atoms with van der Waals surface area (Å²) in [4.78, 5) is 48.0. The molecule has 0 fully saturated rings. The number of nitrogens with zero attached hydrogens (tertiary/aromatic N) is 1. The van der Waals surface area contributed by atoms with Crippen molar-refractivity contribution < 1.29 is 38.9 Å². The number of H-pyrrole nitrogens is 1. The lowest BCUT2D eigenvalue weighted by atomic mass is 10.3. The minimum Gasteiger partial charge on any atom is -0.385 e. The Labute approximate surface area is 136 Å². The third-order valence-electron chi connectivity index (χ3n) is 2.15. The Bertz CT molecular complexity index is 595. The molecule has 0 aliphatic carbocycles. The van der Waals surface area contributed by atoms with E-state index < -0.39 is 14.6 Å². The van der Waals surface area contributed by atoms with Crippen LogP contribution in [0.25, 0.3) is 0 Å². The SMILES string of the molecule is COCCCn1cc(C=O)c(=S)[nH]c1=O.OC(O)O[P+](O)(O)O. The summed E-state index contributed by atoms with van der Waals surface area (Å²) >= 11 is 4.81. The maximum atomic E-state index is 11.4. The highest BCUT2D eigenvalue weighted by Crippen LogP contribution is 2.46. The molecule has 0 aromatic carbocycles. The first-order valence-corrected chi connectivity index (χ1v) is 7.97. The molecule has 132 valence electrons. The third-order valence-corrected chi connectivity index (χ3v) is 2.96. The third kappa shape index (κ3) is 10.3. The minimum atomic E-state index is -4.47. The van der Waals surface area contributed by atoms with Gasteiger partial charge < -0.3 is 14.9 Å². The molecule has 0 aliphatic heterocycles. The highest BCUT2D eigenvalue weighted by molar-refractivity contribution is 7.71. The Morgan fingerprint density at radius 1 is 1.43 bits per heavy atom. The summed E-state index contributed by atoms with van der Waals surface area (Å²) in [6, 6.07) is 0. The first-order valence-electron chi connectivity index (χ1n) is 6.00. The fourth-order valence-corrected chi connectivity index (χ4v) is 1.72. The van der Waals surface area contributed by atoms with Gasteiger partial charge in [0.2, 0.25) is 0 Å². The van der Waals surface area contributed by atoms with Gasteiger partial charge in [0.15, 0.2) is 6.29 Å². The molecule has 0 saturated heterocycles. The lowest BCUT2D eigenvalue weighted by molar-refractivity contribution is -0.193. The second-order valence-electron chi connectivity index (χ2n) is 3.95. The van der Waals surface area contributed by atoms with E-state index in [1.807, 2.05) is 0 Å². The van der Waals surface area contributed by atoms with Gasteiger partial charge in [0.1, 0.15) is 4.64 Å². The molecule has 11 nitrogen and oxygen atoms in total. The van der Waals surface area contributed by atoms with E-state index >= 15 is 0 Å². The number of nitrogens with one attached hydrogen (secondary N) is 1. The fraction of sp³-hybridized carbons (Fsp3) is 0.500. The second-order valence-corrected chi connectivity index (χ2v) is 5.59. The minimum absolute atomic E-state index is 0.179. The average molecular weight is 373 g/mol. The van der Waals surface area contributed by atoms with Crippen LogP contribution in [-0.2, 0) is 15.8 Å². The maximum absolute atomic E-state index is 11.4. The van der Waals surface area contributed by atoms with Crippen molar-refractivity contribution in [2.45, 2.75) is 19.4 Å². The first kappa shape index (κ1) is 21.9. The van der Waals surface area contributed by atoms with E-state index in [2.05, 4.69) is 9.51 Å². The van der Waals surface area contributed by atoms with Crippen LogP contribution in [0.5, 0.6) is 0 Å². The number of rotatable bonds is 7. The molecular weight excluding hydrogens is 355 g/mol. The predicted molar refractivity (Wildman–Crippen MR) is 80.7 cm³/mol. The Kier molecular flexibility index (Phi) is 10.1. The molecule has 1 aromatic rings. The highest BCUT2D eigenvalue weighted by Gasteiger charge is 2.36. The molecule has 13 heteroatoms. The van der Waals surface area contributed by atoms with Crippen molar-refractivity contribution in [2.75, 3.05) is 13.7 Å². The van der Waals surface area contributed by atoms with Crippen LogP contribution in [0.15, 0.2) is 11.0 Å². The van der Waals surface area contributed by atoms with Crippen LogP contribution in [-0.4, -0.2) is 60.9 Å². The van der Waals surface area contributed by atoms with Gasteiger partial charge in [-0.2, -0.15) is 14.7 Å². The number of hydrogen-bond acceptors (Lipinski definition) is 10. The monoisotopic (exact) mass is 373 g/mol. The highest BCUT2D eigenvalue weighted by atomic mass is 32.1. The number of aromatic nitrogens is 2. The zero-order valence-corrected chi connectivity index (χ0v) is 13.7. The summed E-state index contributed by atoms with van der Waals surface area (Å²) in [6.45, 7) is -1.29. The van der Waals surface area contributed by atoms with Crippen molar-refractivity contribution >= 4 is 26.7 Å². The van der Waals surface area contributed by atoms with Crippen LogP contribution < -0.4 is 5.69 Å². The summed E-state index contributed by atoms with van der Waals surface area (Å²) in [5.41, 5.74) is 0.0173. The number of aliphatic hydroxyl groups excluding tert-OH is 1. The number of methoxy groups -OCH3 is 1. The van der Waals surface area contributed by atoms with Gasteiger partial charge >= 0.3 is 20.3 Å². The molecule has 1 aromatic heterocycles. The van der Waals surface area contributed by atoms with Gasteiger partial charge in [0.05, 0.1) is 5.56 Å². The number of aliphatic hydroxyl groups is 2. The van der Waals surface area contributed by atoms with Crippen molar-refractivity contribution in [2.24, 2.45) is 0 Å². The van der Waals surface area contributed by atoms with E-state index in [9.17, 15) is 9.59 Å². The number of aryl methyl sites for hydroxylation is 1. The number of aromatic amines is 1. The number of carbonyl (C=O) groups is 1. The van der Waals surface area contributed by atoms with Crippen LogP contribution in [0.4, 0.5) is 0 Å². The number of carbonyl (C=O) groups excluding carboxylic acids is 1. The smallest absolute Gasteiger partial charge is 0.385 e. The topological polar surface area (TPSA) is 174 Å². The molecule has 0 atom stereocenters. The predicted octanol–water partition coefficient (Wildman–Crippen LogP) is -1.32. The quantitative estimate of drug-likeness (QED) is 0.111. The normalized spacial score (nSPS) is 11.1. The van der Waals surface area contributed by atoms with E-state index in [0.717, 1.165) is 0 Å². The van der Waals surface area contributed by atoms with Gasteiger partial charge in [-0.1, -0.05) is 16.7 Å². The first-order chi connectivity index (χ1) is 10.6. The Morgan fingerprint density at radius 2 is 2.04 bits per heavy atom. The van der Waals surface area contributed by atoms with Crippen LogP contribution in [0.2, 0.25) is 0 Å². The number of aldehydes is 1. The van der Waals surface area contributed by atoms with Crippen molar-refractivity contribution in [1.82, 2.24) is 9.55 Å². The van der Waals surface area contributed by atoms with Gasteiger partial charge in [-0.25, -0.2) is 4.79 Å². The van der Waals surface area contributed by atoms with Crippen molar-refractivity contribution in [3.63, 3.8) is 0 Å². The molecular formula is C10H18N2O9PS+. The van der Waals surface area contributed by atoms with E-state index in [-0.39, 0.29) is 10.3 Å². The maximum Gasteiger partial charge on any atom is 0.572 e. The number of ether oxygens (including phenoxy) is 1. The average Bonchev–Trinajstić information content (AvgIpc) is 2.39. The Balaban J connectivity index is 0.000000515. The fourth-order valence-electron chi connectivity index (χ4n) is 1.28. The van der Waals surface area contributed by atoms with Crippen LogP contribution in [0, 0.1) is 4.64 Å². The Hall–Kier alpha value is -1.08. The van der Waals surface area contributed by atoms with Crippen LogP contribution >= 0.6 is 20.4 Å². The summed E-state index contributed by atoms with van der Waals surface area (Å²) in [6.07, 6.45) is 2.80. The van der Waals surface area contributed by atoms with Gasteiger partial charge in [0, 0.05) is 26.5 Å².